The van der Waals surface area contributed by atoms with Crippen molar-refractivity contribution in [2.24, 2.45) is 0 Å². The number of para-hydroxylation sites is 1. The Hall–Kier alpha value is -0.280. The van der Waals surface area contributed by atoms with Crippen LogP contribution < -0.4 is 4.74 Å². The predicted molar refractivity (Wildman–Crippen MR) is 59.8 cm³/mol. The molecule has 78 valence electrons. The van der Waals surface area contributed by atoms with E-state index in [1.807, 2.05) is 18.2 Å². The van der Waals surface area contributed by atoms with Gasteiger partial charge in [0.05, 0.1) is 4.47 Å². The predicted octanol–water partition coefficient (Wildman–Crippen LogP) is 3.93. The Kier molecular flexibility index (Phi) is 5.26. The summed E-state index contributed by atoms with van der Waals surface area (Å²) in [6, 6.07) is 5.65. The molecule has 14 heavy (non-hydrogen) atoms. The third-order valence-corrected chi connectivity index (χ3v) is 2.72. The number of alkyl halides is 2. The first-order valence-corrected chi connectivity index (χ1v) is 5.64. The van der Waals surface area contributed by atoms with E-state index in [9.17, 15) is 4.39 Å². The zero-order valence-corrected chi connectivity index (χ0v) is 9.94. The van der Waals surface area contributed by atoms with Crippen molar-refractivity contribution >= 4 is 27.5 Å². The smallest absolute Gasteiger partial charge is 0.228 e. The lowest BCUT2D eigenvalue weighted by molar-refractivity contribution is 0.189. The van der Waals surface area contributed by atoms with Crippen molar-refractivity contribution in [3.05, 3.63) is 28.2 Å². The monoisotopic (exact) mass is 280 g/mol. The van der Waals surface area contributed by atoms with E-state index in [0.29, 0.717) is 11.6 Å². The van der Waals surface area contributed by atoms with Crippen LogP contribution in [0.4, 0.5) is 4.39 Å². The van der Waals surface area contributed by atoms with Crippen LogP contribution in [0, 0.1) is 0 Å². The molecule has 0 atom stereocenters. The van der Waals surface area contributed by atoms with Crippen LogP contribution in [0.25, 0.3) is 0 Å². The van der Waals surface area contributed by atoms with Crippen molar-refractivity contribution < 1.29 is 9.13 Å². The summed E-state index contributed by atoms with van der Waals surface area (Å²) < 4.78 is 17.8. The second kappa shape index (κ2) is 6.25. The van der Waals surface area contributed by atoms with E-state index in [1.165, 1.54) is 0 Å². The van der Waals surface area contributed by atoms with E-state index in [2.05, 4.69) is 15.9 Å². The molecule has 0 aliphatic rings. The topological polar surface area (TPSA) is 9.23 Å². The number of rotatable bonds is 5. The fraction of sp³-hybridized carbons (Fsp3) is 0.400. The van der Waals surface area contributed by atoms with Gasteiger partial charge in [0.15, 0.2) is 0 Å². The minimum atomic E-state index is -0.809. The standard InChI is InChI=1S/C10H11BrClFO/c11-9-5-1-3-8(4-2-6-12)10(9)14-7-13/h1,3,5H,2,4,6-7H2. The van der Waals surface area contributed by atoms with Crippen LogP contribution >= 0.6 is 27.5 Å². The van der Waals surface area contributed by atoms with Gasteiger partial charge >= 0.3 is 0 Å². The zero-order chi connectivity index (χ0) is 10.4. The summed E-state index contributed by atoms with van der Waals surface area (Å²) in [7, 11) is 0. The zero-order valence-electron chi connectivity index (χ0n) is 7.60. The van der Waals surface area contributed by atoms with Crippen molar-refractivity contribution in [2.75, 3.05) is 12.7 Å². The second-order valence-electron chi connectivity index (χ2n) is 2.77. The average Bonchev–Trinajstić information content (AvgIpc) is 2.19. The summed E-state index contributed by atoms with van der Waals surface area (Å²) in [4.78, 5) is 0. The SMILES string of the molecule is FCOc1c(Br)cccc1CCCCl. The Labute approximate surface area is 96.3 Å². The quantitative estimate of drug-likeness (QED) is 0.743. The molecular formula is C10H11BrClFO. The first-order chi connectivity index (χ1) is 6.79. The Bertz CT molecular complexity index is 293. The number of hydrogen-bond donors (Lipinski definition) is 0. The van der Waals surface area contributed by atoms with Crippen LogP contribution in [0.3, 0.4) is 0 Å². The summed E-state index contributed by atoms with van der Waals surface area (Å²) in [6.07, 6.45) is 1.67. The molecule has 1 aromatic rings. The summed E-state index contributed by atoms with van der Waals surface area (Å²) in [5, 5.41) is 0. The molecule has 1 aromatic carbocycles. The van der Waals surface area contributed by atoms with Crippen LogP contribution in [-0.2, 0) is 6.42 Å². The lowest BCUT2D eigenvalue weighted by Gasteiger charge is -2.10. The molecule has 0 bridgehead atoms. The lowest BCUT2D eigenvalue weighted by atomic mass is 10.1. The molecule has 4 heteroatoms. The molecular weight excluding hydrogens is 270 g/mol. The van der Waals surface area contributed by atoms with E-state index in [0.717, 1.165) is 22.9 Å². The maximum atomic E-state index is 12.1. The van der Waals surface area contributed by atoms with Gasteiger partial charge in [-0.15, -0.1) is 11.6 Å². The van der Waals surface area contributed by atoms with Gasteiger partial charge in [-0.2, -0.15) is 0 Å². The van der Waals surface area contributed by atoms with Crippen LogP contribution in [0.1, 0.15) is 12.0 Å². The molecule has 0 radical (unpaired) electrons. The van der Waals surface area contributed by atoms with E-state index < -0.39 is 6.86 Å². The van der Waals surface area contributed by atoms with Gasteiger partial charge in [-0.25, -0.2) is 4.39 Å². The van der Waals surface area contributed by atoms with Gasteiger partial charge in [-0.3, -0.25) is 0 Å². The van der Waals surface area contributed by atoms with Crippen molar-refractivity contribution in [3.63, 3.8) is 0 Å². The third-order valence-electron chi connectivity index (χ3n) is 1.83. The van der Waals surface area contributed by atoms with Gasteiger partial charge < -0.3 is 4.74 Å². The molecule has 0 saturated heterocycles. The molecule has 0 aliphatic heterocycles. The largest absolute Gasteiger partial charge is 0.461 e. The van der Waals surface area contributed by atoms with Crippen LogP contribution in [-0.4, -0.2) is 12.7 Å². The van der Waals surface area contributed by atoms with E-state index in [-0.39, 0.29) is 0 Å². The van der Waals surface area contributed by atoms with Crippen LogP contribution in [0.5, 0.6) is 5.75 Å². The fourth-order valence-electron chi connectivity index (χ4n) is 1.22. The van der Waals surface area contributed by atoms with E-state index in [1.54, 1.807) is 0 Å². The number of aryl methyl sites for hydroxylation is 1. The summed E-state index contributed by atoms with van der Waals surface area (Å²) in [5.74, 6) is 1.18. The highest BCUT2D eigenvalue weighted by atomic mass is 79.9. The molecule has 1 rings (SSSR count). The molecule has 0 unspecified atom stereocenters. The number of benzene rings is 1. The maximum Gasteiger partial charge on any atom is 0.228 e. The first kappa shape index (κ1) is 11.8. The van der Waals surface area contributed by atoms with Gasteiger partial charge in [0.1, 0.15) is 5.75 Å². The van der Waals surface area contributed by atoms with Crippen molar-refractivity contribution in [1.82, 2.24) is 0 Å². The summed E-state index contributed by atoms with van der Waals surface area (Å²) >= 11 is 8.91. The average molecular weight is 282 g/mol. The van der Waals surface area contributed by atoms with E-state index in [4.69, 9.17) is 16.3 Å². The van der Waals surface area contributed by atoms with E-state index >= 15 is 0 Å². The molecule has 0 aliphatic carbocycles. The molecule has 1 nitrogen and oxygen atoms in total. The number of hydrogen-bond acceptors (Lipinski definition) is 1. The molecule has 0 aromatic heterocycles. The summed E-state index contributed by atoms with van der Waals surface area (Å²) in [6.45, 7) is -0.809. The number of ether oxygens (including phenoxy) is 1. The van der Waals surface area contributed by atoms with Gasteiger partial charge in [0, 0.05) is 5.88 Å². The highest BCUT2D eigenvalue weighted by Crippen LogP contribution is 2.30. The molecule has 0 amide bonds. The normalized spacial score (nSPS) is 10.2. The minimum absolute atomic E-state index is 0.583. The highest BCUT2D eigenvalue weighted by molar-refractivity contribution is 9.10. The van der Waals surface area contributed by atoms with Crippen LogP contribution in [0.15, 0.2) is 22.7 Å². The van der Waals surface area contributed by atoms with Crippen molar-refractivity contribution in [2.45, 2.75) is 12.8 Å². The van der Waals surface area contributed by atoms with Crippen LogP contribution in [0.2, 0.25) is 0 Å². The number of halogens is 3. The first-order valence-electron chi connectivity index (χ1n) is 4.31. The van der Waals surface area contributed by atoms with Crippen molar-refractivity contribution in [1.29, 1.82) is 0 Å². The minimum Gasteiger partial charge on any atom is -0.461 e. The Morgan fingerprint density at radius 1 is 1.43 bits per heavy atom. The summed E-state index contributed by atoms with van der Waals surface area (Å²) in [5.41, 5.74) is 0.984. The Balaban J connectivity index is 2.83. The Morgan fingerprint density at radius 3 is 2.86 bits per heavy atom. The molecule has 0 heterocycles. The molecule has 0 spiro atoms. The van der Waals surface area contributed by atoms with Gasteiger partial charge in [-0.05, 0) is 40.4 Å². The second-order valence-corrected chi connectivity index (χ2v) is 4.01. The van der Waals surface area contributed by atoms with Crippen molar-refractivity contribution in [3.8, 4) is 5.75 Å². The molecule has 0 saturated carbocycles. The lowest BCUT2D eigenvalue weighted by Crippen LogP contribution is -1.97. The third kappa shape index (κ3) is 3.14. The molecule has 0 fully saturated rings. The molecule has 0 N–H and O–H groups in total. The van der Waals surface area contributed by atoms with Gasteiger partial charge in [0.2, 0.25) is 6.86 Å². The fourth-order valence-corrected chi connectivity index (χ4v) is 1.88. The Morgan fingerprint density at radius 2 is 2.21 bits per heavy atom. The highest BCUT2D eigenvalue weighted by Gasteiger charge is 2.07. The van der Waals surface area contributed by atoms with Gasteiger partial charge in [0.25, 0.3) is 0 Å². The van der Waals surface area contributed by atoms with Gasteiger partial charge in [-0.1, -0.05) is 12.1 Å². The maximum absolute atomic E-state index is 12.1.